The molecule has 1 fully saturated rings. The molecule has 0 spiro atoms. The number of rotatable bonds is 11. The molecule has 1 aliphatic rings. The summed E-state index contributed by atoms with van der Waals surface area (Å²) in [5.74, 6) is -0.143. The van der Waals surface area contributed by atoms with E-state index in [0.717, 1.165) is 61.0 Å². The van der Waals surface area contributed by atoms with Crippen LogP contribution in [0.2, 0.25) is 10.0 Å². The Morgan fingerprint density at radius 2 is 1.82 bits per heavy atom. The summed E-state index contributed by atoms with van der Waals surface area (Å²) in [6.07, 6.45) is -0.0452. The molecule has 0 saturated carbocycles. The number of fused-ring (bicyclic) bond motifs is 1. The number of halogens is 2. The molecule has 5 rings (SSSR count). The molecule has 3 atom stereocenters. The fourth-order valence-electron chi connectivity index (χ4n) is 6.12. The van der Waals surface area contributed by atoms with E-state index in [0.29, 0.717) is 27.7 Å². The predicted octanol–water partition coefficient (Wildman–Crippen LogP) is 6.04. The zero-order chi connectivity index (χ0) is 31.2. The van der Waals surface area contributed by atoms with Crippen LogP contribution in [-0.2, 0) is 0 Å². The van der Waals surface area contributed by atoms with Crippen molar-refractivity contribution < 1.29 is 15.0 Å². The van der Waals surface area contributed by atoms with E-state index in [9.17, 15) is 20.3 Å². The first-order chi connectivity index (χ1) is 21.3. The lowest BCUT2D eigenvalue weighted by atomic mass is 9.94. The number of carbonyl (C=O) groups is 1. The van der Waals surface area contributed by atoms with Gasteiger partial charge in [0.05, 0.1) is 40.4 Å². The first-order valence-corrected chi connectivity index (χ1v) is 16.4. The number of hydrogen-bond donors (Lipinski definition) is 2. The van der Waals surface area contributed by atoms with Crippen molar-refractivity contribution in [2.45, 2.75) is 24.5 Å². The van der Waals surface area contributed by atoms with Gasteiger partial charge in [-0.1, -0.05) is 53.5 Å². The highest BCUT2D eigenvalue weighted by Crippen LogP contribution is 2.31. The van der Waals surface area contributed by atoms with Crippen molar-refractivity contribution in [3.63, 3.8) is 0 Å². The van der Waals surface area contributed by atoms with Crippen LogP contribution in [0.15, 0.2) is 71.4 Å². The van der Waals surface area contributed by atoms with Crippen molar-refractivity contribution in [1.29, 1.82) is 5.26 Å². The van der Waals surface area contributed by atoms with Gasteiger partial charge in [-0.25, -0.2) is 0 Å². The van der Waals surface area contributed by atoms with Gasteiger partial charge in [0, 0.05) is 51.3 Å². The molecule has 0 radical (unpaired) electrons. The van der Waals surface area contributed by atoms with Gasteiger partial charge in [0.25, 0.3) is 5.91 Å². The first-order valence-electron chi connectivity index (χ1n) is 14.7. The Hall–Kier alpha value is -3.00. The molecule has 10 heteroatoms. The maximum absolute atomic E-state index is 13.8. The number of aliphatic hydroxyl groups is 2. The Morgan fingerprint density at radius 3 is 2.50 bits per heavy atom. The highest BCUT2D eigenvalue weighted by atomic mass is 35.5. The Morgan fingerprint density at radius 1 is 1.05 bits per heavy atom. The molecule has 1 amide bonds. The van der Waals surface area contributed by atoms with E-state index in [1.54, 1.807) is 41.5 Å². The fourth-order valence-corrected chi connectivity index (χ4v) is 7.12. The highest BCUT2D eigenvalue weighted by Gasteiger charge is 2.31. The number of aliphatic hydroxyl groups excluding tert-OH is 2. The van der Waals surface area contributed by atoms with Gasteiger partial charge in [-0.15, -0.1) is 0 Å². The molecule has 1 aromatic heterocycles. The molecule has 0 unspecified atom stereocenters. The molecule has 1 aliphatic heterocycles. The first kappa shape index (κ1) is 32.4. The average molecular weight is 652 g/mol. The molecular weight excluding hydrogens is 615 g/mol. The van der Waals surface area contributed by atoms with Crippen LogP contribution in [0.1, 0.15) is 45.4 Å². The second-order valence-corrected chi connectivity index (χ2v) is 12.9. The zero-order valence-electron chi connectivity index (χ0n) is 24.6. The number of nitrogens with zero attached hydrogens (tertiary/aromatic N) is 4. The van der Waals surface area contributed by atoms with Crippen LogP contribution >= 0.6 is 34.5 Å². The third-order valence-electron chi connectivity index (χ3n) is 8.51. The average Bonchev–Trinajstić information content (AvgIpc) is 3.58. The van der Waals surface area contributed by atoms with Gasteiger partial charge in [-0.3, -0.25) is 9.69 Å². The summed E-state index contributed by atoms with van der Waals surface area (Å²) in [5, 5.41) is 36.5. The Kier molecular flexibility index (Phi) is 10.9. The smallest absolute Gasteiger partial charge is 0.254 e. The van der Waals surface area contributed by atoms with Gasteiger partial charge in [0.1, 0.15) is 0 Å². The van der Waals surface area contributed by atoms with Crippen molar-refractivity contribution in [3.05, 3.63) is 104 Å². The molecule has 44 heavy (non-hydrogen) atoms. The lowest BCUT2D eigenvalue weighted by Gasteiger charge is -2.41. The summed E-state index contributed by atoms with van der Waals surface area (Å²) >= 11 is 14.3. The Labute approximate surface area is 272 Å². The number of amides is 1. The summed E-state index contributed by atoms with van der Waals surface area (Å²) in [7, 11) is 1.80. The van der Waals surface area contributed by atoms with Crippen LogP contribution in [0.3, 0.4) is 0 Å². The van der Waals surface area contributed by atoms with Crippen molar-refractivity contribution in [3.8, 4) is 6.07 Å². The monoisotopic (exact) mass is 650 g/mol. The minimum absolute atomic E-state index is 0.00285. The lowest BCUT2D eigenvalue weighted by molar-refractivity contribution is -0.00967. The van der Waals surface area contributed by atoms with Crippen LogP contribution in [0.4, 0.5) is 0 Å². The minimum Gasteiger partial charge on any atom is -0.394 e. The molecule has 2 heterocycles. The van der Waals surface area contributed by atoms with E-state index in [-0.39, 0.29) is 24.5 Å². The zero-order valence-corrected chi connectivity index (χ0v) is 26.9. The van der Waals surface area contributed by atoms with Crippen LogP contribution in [0.5, 0.6) is 0 Å². The van der Waals surface area contributed by atoms with E-state index < -0.39 is 6.10 Å². The lowest BCUT2D eigenvalue weighted by Crippen LogP contribution is -2.50. The van der Waals surface area contributed by atoms with Crippen molar-refractivity contribution in [2.24, 2.45) is 0 Å². The number of likely N-dealkylation sites (N-methyl/N-ethyl adjacent to an activating group) is 1. The van der Waals surface area contributed by atoms with Gasteiger partial charge < -0.3 is 20.0 Å². The SMILES string of the molecule is CN(C[C@@H](CCN1CCN([C@H](c2ccsc2)[C@H](O)CO)CC1)c1ccc(Cl)c(Cl)c1)C(=O)c1cc(C#N)cc2ccccc12. The Balaban J connectivity index is 1.29. The third kappa shape index (κ3) is 7.44. The van der Waals surface area contributed by atoms with Crippen LogP contribution < -0.4 is 0 Å². The third-order valence-corrected chi connectivity index (χ3v) is 9.95. The second kappa shape index (κ2) is 14.9. The van der Waals surface area contributed by atoms with E-state index in [4.69, 9.17) is 23.2 Å². The summed E-state index contributed by atoms with van der Waals surface area (Å²) in [4.78, 5) is 20.2. The van der Waals surface area contributed by atoms with Crippen LogP contribution in [0, 0.1) is 11.3 Å². The van der Waals surface area contributed by atoms with E-state index in [2.05, 4.69) is 15.9 Å². The van der Waals surface area contributed by atoms with Gasteiger partial charge >= 0.3 is 0 Å². The molecule has 230 valence electrons. The molecular formula is C34H36Cl2N4O3S. The van der Waals surface area contributed by atoms with Crippen LogP contribution in [-0.4, -0.2) is 89.8 Å². The number of carbonyl (C=O) groups excluding carboxylic acids is 1. The van der Waals surface area contributed by atoms with Gasteiger partial charge in [0.15, 0.2) is 0 Å². The molecule has 0 bridgehead atoms. The standard InChI is InChI=1S/C34H36Cl2N4O3S/c1-38(34(43)29-17-23(19-37)16-25-4-2-3-5-28(25)29)20-26(24-6-7-30(35)31(36)18-24)8-10-39-11-13-40(14-12-39)33(32(42)21-41)27-9-15-44-22-27/h2-7,9,15-18,22,26,32-33,41-42H,8,10-14,20-21H2,1H3/t26-,32-,33-/m1/s1. The maximum Gasteiger partial charge on any atom is 0.254 e. The Bertz CT molecular complexity index is 1620. The van der Waals surface area contributed by atoms with Gasteiger partial charge in [0.2, 0.25) is 0 Å². The number of thiophene rings is 1. The van der Waals surface area contributed by atoms with Gasteiger partial charge in [-0.05, 0) is 76.0 Å². The summed E-state index contributed by atoms with van der Waals surface area (Å²) < 4.78 is 0. The van der Waals surface area contributed by atoms with Crippen LogP contribution in [0.25, 0.3) is 10.8 Å². The van der Waals surface area contributed by atoms with Crippen molar-refractivity contribution in [1.82, 2.24) is 14.7 Å². The number of nitriles is 1. The largest absolute Gasteiger partial charge is 0.394 e. The van der Waals surface area contributed by atoms with Crippen molar-refractivity contribution in [2.75, 3.05) is 52.9 Å². The minimum atomic E-state index is -0.839. The molecule has 4 aromatic rings. The summed E-state index contributed by atoms with van der Waals surface area (Å²) in [6.45, 7) is 4.20. The maximum atomic E-state index is 13.8. The number of piperazine rings is 1. The predicted molar refractivity (Wildman–Crippen MR) is 178 cm³/mol. The van der Waals surface area contributed by atoms with Gasteiger partial charge in [-0.2, -0.15) is 16.6 Å². The molecule has 3 aromatic carbocycles. The molecule has 7 nitrogen and oxygen atoms in total. The van der Waals surface area contributed by atoms with E-state index >= 15 is 0 Å². The van der Waals surface area contributed by atoms with E-state index in [1.165, 1.54) is 0 Å². The molecule has 2 N–H and O–H groups in total. The normalized spacial score (nSPS) is 16.4. The van der Waals surface area contributed by atoms with Crippen molar-refractivity contribution >= 4 is 51.2 Å². The topological polar surface area (TPSA) is 91.0 Å². The highest BCUT2D eigenvalue weighted by molar-refractivity contribution is 7.08. The fraction of sp³-hybridized carbons (Fsp3) is 0.353. The number of hydrogen-bond acceptors (Lipinski definition) is 7. The number of benzene rings is 3. The second-order valence-electron chi connectivity index (χ2n) is 11.3. The molecule has 0 aliphatic carbocycles. The molecule has 1 saturated heterocycles. The quantitative estimate of drug-likeness (QED) is 0.206. The van der Waals surface area contributed by atoms with E-state index in [1.807, 2.05) is 53.2 Å². The summed E-state index contributed by atoms with van der Waals surface area (Å²) in [5.41, 5.74) is 3.01. The summed E-state index contributed by atoms with van der Waals surface area (Å²) in [6, 6.07) is 20.7.